The van der Waals surface area contributed by atoms with Gasteiger partial charge in [0.2, 0.25) is 0 Å². The summed E-state index contributed by atoms with van der Waals surface area (Å²) in [5.74, 6) is 6.00. The van der Waals surface area contributed by atoms with Gasteiger partial charge in [-0.15, -0.1) is 5.92 Å². The first-order valence-electron chi connectivity index (χ1n) is 6.23. The highest BCUT2D eigenvalue weighted by molar-refractivity contribution is 5.78. The minimum atomic E-state index is 0.276. The van der Waals surface area contributed by atoms with E-state index in [1.165, 1.54) is 22.3 Å². The summed E-state index contributed by atoms with van der Waals surface area (Å²) in [6, 6.07) is 17.5. The molecule has 1 aliphatic rings. The number of rotatable bonds is 2. The molecule has 0 radical (unpaired) electrons. The molecule has 2 aromatic rings. The number of hydrogen-bond acceptors (Lipinski definition) is 1. The molecule has 0 atom stereocenters. The zero-order valence-electron chi connectivity index (χ0n) is 10.4. The lowest BCUT2D eigenvalue weighted by molar-refractivity contribution is 0.673. The minimum Gasteiger partial charge on any atom is -0.295 e. The molecule has 0 fully saturated rings. The van der Waals surface area contributed by atoms with Crippen molar-refractivity contribution in [1.29, 1.82) is 0 Å². The van der Waals surface area contributed by atoms with E-state index in [1.807, 2.05) is 6.92 Å². The average Bonchev–Trinajstić information content (AvgIpc) is 2.74. The standard InChI is InChI=1S/C17H15N/c1-2-3-12-18-17-15-10-6-4-8-13(15)14-9-5-7-11-16(14)17/h4-11,17-18H,12H2,1H3. The van der Waals surface area contributed by atoms with Gasteiger partial charge in [0.25, 0.3) is 0 Å². The molecule has 3 rings (SSSR count). The summed E-state index contributed by atoms with van der Waals surface area (Å²) in [7, 11) is 0. The Kier molecular flexibility index (Phi) is 2.88. The molecule has 0 unspecified atom stereocenters. The minimum absolute atomic E-state index is 0.276. The Morgan fingerprint density at radius 3 is 2.06 bits per heavy atom. The van der Waals surface area contributed by atoms with Crippen molar-refractivity contribution in [2.24, 2.45) is 0 Å². The Morgan fingerprint density at radius 2 is 1.50 bits per heavy atom. The summed E-state index contributed by atoms with van der Waals surface area (Å²) in [6.45, 7) is 2.60. The monoisotopic (exact) mass is 233 g/mol. The van der Waals surface area contributed by atoms with Crippen molar-refractivity contribution in [2.75, 3.05) is 6.54 Å². The molecule has 0 saturated carbocycles. The van der Waals surface area contributed by atoms with Gasteiger partial charge in [-0.1, -0.05) is 54.5 Å². The first-order valence-corrected chi connectivity index (χ1v) is 6.23. The van der Waals surface area contributed by atoms with E-state index in [2.05, 4.69) is 65.7 Å². The third kappa shape index (κ3) is 1.72. The summed E-state index contributed by atoms with van der Waals surface area (Å²) in [6.07, 6.45) is 0. The van der Waals surface area contributed by atoms with Gasteiger partial charge in [-0.25, -0.2) is 0 Å². The van der Waals surface area contributed by atoms with Crippen LogP contribution in [0.2, 0.25) is 0 Å². The molecule has 0 amide bonds. The van der Waals surface area contributed by atoms with Crippen LogP contribution in [-0.2, 0) is 0 Å². The predicted octanol–water partition coefficient (Wildman–Crippen LogP) is 3.37. The molecule has 0 saturated heterocycles. The molecular weight excluding hydrogens is 218 g/mol. The highest BCUT2D eigenvalue weighted by Crippen LogP contribution is 2.42. The van der Waals surface area contributed by atoms with Gasteiger partial charge in [0.05, 0.1) is 12.6 Å². The SMILES string of the molecule is CC#CCNC1c2ccccc2-c2ccccc21. The lowest BCUT2D eigenvalue weighted by Crippen LogP contribution is -2.20. The largest absolute Gasteiger partial charge is 0.295 e. The highest BCUT2D eigenvalue weighted by Gasteiger charge is 2.26. The lowest BCUT2D eigenvalue weighted by atomic mass is 10.1. The van der Waals surface area contributed by atoms with Gasteiger partial charge in [-0.05, 0) is 29.2 Å². The van der Waals surface area contributed by atoms with E-state index >= 15 is 0 Å². The highest BCUT2D eigenvalue weighted by atomic mass is 14.9. The zero-order valence-corrected chi connectivity index (χ0v) is 10.4. The van der Waals surface area contributed by atoms with Crippen LogP contribution >= 0.6 is 0 Å². The van der Waals surface area contributed by atoms with Crippen LogP contribution in [0.3, 0.4) is 0 Å². The summed E-state index contributed by atoms with van der Waals surface area (Å²) >= 11 is 0. The Labute approximate surface area is 108 Å². The smallest absolute Gasteiger partial charge is 0.0596 e. The van der Waals surface area contributed by atoms with Gasteiger partial charge in [-0.2, -0.15) is 0 Å². The quantitative estimate of drug-likeness (QED) is 0.784. The average molecular weight is 233 g/mol. The molecule has 18 heavy (non-hydrogen) atoms. The van der Waals surface area contributed by atoms with Crippen molar-refractivity contribution in [2.45, 2.75) is 13.0 Å². The van der Waals surface area contributed by atoms with Crippen molar-refractivity contribution < 1.29 is 0 Å². The van der Waals surface area contributed by atoms with E-state index in [0.29, 0.717) is 0 Å². The Bertz CT molecular complexity index is 586. The third-order valence-corrected chi connectivity index (χ3v) is 3.41. The van der Waals surface area contributed by atoms with Crippen LogP contribution in [0.1, 0.15) is 24.1 Å². The molecule has 1 nitrogen and oxygen atoms in total. The van der Waals surface area contributed by atoms with Crippen molar-refractivity contribution in [3.05, 3.63) is 59.7 Å². The van der Waals surface area contributed by atoms with Gasteiger partial charge in [-0.3, -0.25) is 5.32 Å². The van der Waals surface area contributed by atoms with Gasteiger partial charge in [0.1, 0.15) is 0 Å². The van der Waals surface area contributed by atoms with Crippen molar-refractivity contribution in [3.63, 3.8) is 0 Å². The molecule has 0 aliphatic heterocycles. The van der Waals surface area contributed by atoms with Crippen LogP contribution in [-0.4, -0.2) is 6.54 Å². The Balaban J connectivity index is 2.05. The second-order valence-corrected chi connectivity index (χ2v) is 4.42. The predicted molar refractivity (Wildman–Crippen MR) is 75.2 cm³/mol. The Hall–Kier alpha value is -2.04. The molecule has 0 heterocycles. The normalized spacial score (nSPS) is 12.5. The number of fused-ring (bicyclic) bond motifs is 3. The molecule has 0 aromatic heterocycles. The summed E-state index contributed by atoms with van der Waals surface area (Å²) < 4.78 is 0. The number of hydrogen-bond donors (Lipinski definition) is 1. The molecular formula is C17H15N. The zero-order chi connectivity index (χ0) is 12.4. The van der Waals surface area contributed by atoms with E-state index in [9.17, 15) is 0 Å². The molecule has 0 bridgehead atoms. The molecule has 1 aliphatic carbocycles. The summed E-state index contributed by atoms with van der Waals surface area (Å²) in [5.41, 5.74) is 5.40. The van der Waals surface area contributed by atoms with Crippen molar-refractivity contribution in [3.8, 4) is 23.0 Å². The molecule has 88 valence electrons. The van der Waals surface area contributed by atoms with Crippen molar-refractivity contribution >= 4 is 0 Å². The fraction of sp³-hybridized carbons (Fsp3) is 0.176. The molecule has 1 heteroatoms. The van der Waals surface area contributed by atoms with Gasteiger partial charge >= 0.3 is 0 Å². The first kappa shape index (κ1) is 11.1. The topological polar surface area (TPSA) is 12.0 Å². The van der Waals surface area contributed by atoms with Crippen LogP contribution in [0.15, 0.2) is 48.5 Å². The van der Waals surface area contributed by atoms with Crippen molar-refractivity contribution in [1.82, 2.24) is 5.32 Å². The number of nitrogens with one attached hydrogen (secondary N) is 1. The maximum absolute atomic E-state index is 3.52. The van der Waals surface area contributed by atoms with Gasteiger partial charge in [0.15, 0.2) is 0 Å². The maximum Gasteiger partial charge on any atom is 0.0596 e. The van der Waals surface area contributed by atoms with E-state index < -0.39 is 0 Å². The second-order valence-electron chi connectivity index (χ2n) is 4.42. The van der Waals surface area contributed by atoms with Gasteiger partial charge < -0.3 is 0 Å². The summed E-state index contributed by atoms with van der Waals surface area (Å²) in [5, 5.41) is 3.52. The van der Waals surface area contributed by atoms with Crippen LogP contribution in [0, 0.1) is 11.8 Å². The van der Waals surface area contributed by atoms with Crippen LogP contribution < -0.4 is 5.32 Å². The fourth-order valence-corrected chi connectivity index (χ4v) is 2.62. The van der Waals surface area contributed by atoms with E-state index in [0.717, 1.165) is 6.54 Å². The summed E-state index contributed by atoms with van der Waals surface area (Å²) in [4.78, 5) is 0. The molecule has 0 spiro atoms. The lowest BCUT2D eigenvalue weighted by Gasteiger charge is -2.13. The van der Waals surface area contributed by atoms with E-state index in [1.54, 1.807) is 0 Å². The molecule has 1 N–H and O–H groups in total. The van der Waals surface area contributed by atoms with Gasteiger partial charge in [0, 0.05) is 0 Å². The fourth-order valence-electron chi connectivity index (χ4n) is 2.62. The number of benzene rings is 2. The van der Waals surface area contributed by atoms with E-state index in [-0.39, 0.29) is 6.04 Å². The second kappa shape index (κ2) is 4.68. The first-order chi connectivity index (χ1) is 8.92. The maximum atomic E-state index is 3.52. The van der Waals surface area contributed by atoms with E-state index in [4.69, 9.17) is 0 Å². The molecule has 2 aromatic carbocycles. The Morgan fingerprint density at radius 1 is 0.944 bits per heavy atom. The van der Waals surface area contributed by atoms with Crippen LogP contribution in [0.25, 0.3) is 11.1 Å². The third-order valence-electron chi connectivity index (χ3n) is 3.41. The van der Waals surface area contributed by atoms with Crippen LogP contribution in [0.4, 0.5) is 0 Å². The van der Waals surface area contributed by atoms with Crippen LogP contribution in [0.5, 0.6) is 0 Å².